The molecule has 1 rings (SSSR count). The summed E-state index contributed by atoms with van der Waals surface area (Å²) in [7, 11) is 0. The Morgan fingerprint density at radius 3 is 2.76 bits per heavy atom. The van der Waals surface area contributed by atoms with E-state index in [0.29, 0.717) is 6.04 Å². The monoisotopic (exact) mass is 240 g/mol. The number of rotatable bonds is 5. The molecule has 1 aliphatic rings. The Labute approximate surface area is 106 Å². The van der Waals surface area contributed by atoms with Crippen LogP contribution in [0.4, 0.5) is 0 Å². The molecule has 3 nitrogen and oxygen atoms in total. The molecular weight excluding hydrogens is 212 g/mol. The van der Waals surface area contributed by atoms with Crippen LogP contribution in [0.3, 0.4) is 0 Å². The smallest absolute Gasteiger partial charge is 0.239 e. The number of nitrogens with two attached hydrogens (primary N) is 1. The molecule has 2 unspecified atom stereocenters. The molecule has 0 aromatic carbocycles. The van der Waals surface area contributed by atoms with E-state index in [0.717, 1.165) is 45.1 Å². The summed E-state index contributed by atoms with van der Waals surface area (Å²) in [6.45, 7) is 5.23. The second kappa shape index (κ2) is 7.70. The zero-order valence-electron chi connectivity index (χ0n) is 11.5. The molecule has 0 aliphatic carbocycles. The SMILES string of the molecule is CCCCC(N)C(=O)N1CCCCCC1CC. The van der Waals surface area contributed by atoms with Crippen molar-refractivity contribution in [3.8, 4) is 0 Å². The first kappa shape index (κ1) is 14.5. The molecule has 2 atom stereocenters. The van der Waals surface area contributed by atoms with Crippen LogP contribution in [0.25, 0.3) is 0 Å². The summed E-state index contributed by atoms with van der Waals surface area (Å²) in [4.78, 5) is 14.4. The molecular formula is C14H28N2O. The van der Waals surface area contributed by atoms with Crippen LogP contribution in [0.15, 0.2) is 0 Å². The largest absolute Gasteiger partial charge is 0.338 e. The van der Waals surface area contributed by atoms with E-state index in [9.17, 15) is 4.79 Å². The highest BCUT2D eigenvalue weighted by Gasteiger charge is 2.27. The van der Waals surface area contributed by atoms with Gasteiger partial charge in [0.25, 0.3) is 0 Å². The average Bonchev–Trinajstić information content (AvgIpc) is 2.59. The van der Waals surface area contributed by atoms with Gasteiger partial charge >= 0.3 is 0 Å². The van der Waals surface area contributed by atoms with Crippen LogP contribution in [0.2, 0.25) is 0 Å². The van der Waals surface area contributed by atoms with Crippen LogP contribution in [0, 0.1) is 0 Å². The summed E-state index contributed by atoms with van der Waals surface area (Å²) in [6, 6.07) is 0.153. The minimum absolute atomic E-state index is 0.187. The second-order valence-corrected chi connectivity index (χ2v) is 5.19. The van der Waals surface area contributed by atoms with E-state index in [2.05, 4.69) is 18.7 Å². The third-order valence-corrected chi connectivity index (χ3v) is 3.82. The molecule has 1 amide bonds. The topological polar surface area (TPSA) is 46.3 Å². The van der Waals surface area contributed by atoms with Crippen molar-refractivity contribution in [3.63, 3.8) is 0 Å². The van der Waals surface area contributed by atoms with Gasteiger partial charge in [0.1, 0.15) is 0 Å². The Hall–Kier alpha value is -0.570. The van der Waals surface area contributed by atoms with Crippen molar-refractivity contribution in [1.82, 2.24) is 4.90 Å². The standard InChI is InChI=1S/C14H28N2O/c1-3-5-10-13(15)14(17)16-11-8-6-7-9-12(16)4-2/h12-13H,3-11,15H2,1-2H3. The lowest BCUT2D eigenvalue weighted by Crippen LogP contribution is -2.48. The van der Waals surface area contributed by atoms with Crippen molar-refractivity contribution in [2.75, 3.05) is 6.54 Å². The maximum atomic E-state index is 12.3. The fourth-order valence-corrected chi connectivity index (χ4v) is 2.65. The first-order valence-corrected chi connectivity index (χ1v) is 7.26. The molecule has 0 spiro atoms. The Morgan fingerprint density at radius 1 is 1.35 bits per heavy atom. The van der Waals surface area contributed by atoms with E-state index in [-0.39, 0.29) is 11.9 Å². The molecule has 3 heteroatoms. The Kier molecular flexibility index (Phi) is 6.56. The van der Waals surface area contributed by atoms with Crippen molar-refractivity contribution in [1.29, 1.82) is 0 Å². The van der Waals surface area contributed by atoms with Gasteiger partial charge in [-0.15, -0.1) is 0 Å². The van der Waals surface area contributed by atoms with Crippen molar-refractivity contribution in [2.45, 2.75) is 77.3 Å². The van der Waals surface area contributed by atoms with Crippen molar-refractivity contribution in [3.05, 3.63) is 0 Å². The maximum absolute atomic E-state index is 12.3. The number of amides is 1. The molecule has 0 radical (unpaired) electrons. The summed E-state index contributed by atoms with van der Waals surface area (Å²) in [6.07, 6.45) is 8.87. The van der Waals surface area contributed by atoms with E-state index in [1.165, 1.54) is 12.8 Å². The Balaban J connectivity index is 2.56. The van der Waals surface area contributed by atoms with Crippen LogP contribution in [0.1, 0.15) is 65.2 Å². The van der Waals surface area contributed by atoms with Crippen LogP contribution in [-0.2, 0) is 4.79 Å². The molecule has 1 heterocycles. The van der Waals surface area contributed by atoms with E-state index in [1.807, 2.05) is 0 Å². The van der Waals surface area contributed by atoms with Gasteiger partial charge in [-0.3, -0.25) is 4.79 Å². The number of unbranched alkanes of at least 4 members (excludes halogenated alkanes) is 1. The predicted molar refractivity (Wildman–Crippen MR) is 71.8 cm³/mol. The summed E-state index contributed by atoms with van der Waals surface area (Å²) in [5.74, 6) is 0.187. The predicted octanol–water partition coefficient (Wildman–Crippen LogP) is 2.69. The van der Waals surface area contributed by atoms with Gasteiger partial charge in [-0.25, -0.2) is 0 Å². The average molecular weight is 240 g/mol. The zero-order chi connectivity index (χ0) is 12.7. The van der Waals surface area contributed by atoms with Gasteiger partial charge in [-0.05, 0) is 25.7 Å². The zero-order valence-corrected chi connectivity index (χ0v) is 11.5. The summed E-state index contributed by atoms with van der Waals surface area (Å²) in [5, 5.41) is 0. The second-order valence-electron chi connectivity index (χ2n) is 5.19. The molecule has 100 valence electrons. The third kappa shape index (κ3) is 4.30. The van der Waals surface area contributed by atoms with Crippen molar-refractivity contribution in [2.24, 2.45) is 5.73 Å². The summed E-state index contributed by atoms with van der Waals surface area (Å²) >= 11 is 0. The van der Waals surface area contributed by atoms with E-state index < -0.39 is 0 Å². The molecule has 0 aromatic heterocycles. The number of likely N-dealkylation sites (tertiary alicyclic amines) is 1. The summed E-state index contributed by atoms with van der Waals surface area (Å²) in [5.41, 5.74) is 6.01. The van der Waals surface area contributed by atoms with Crippen LogP contribution in [-0.4, -0.2) is 29.4 Å². The molecule has 1 saturated heterocycles. The van der Waals surface area contributed by atoms with Crippen LogP contribution < -0.4 is 5.73 Å². The van der Waals surface area contributed by atoms with Gasteiger partial charge in [0.2, 0.25) is 5.91 Å². The maximum Gasteiger partial charge on any atom is 0.239 e. The molecule has 1 fully saturated rings. The lowest BCUT2D eigenvalue weighted by molar-refractivity contribution is -0.135. The molecule has 0 saturated carbocycles. The van der Waals surface area contributed by atoms with Gasteiger partial charge in [0.05, 0.1) is 6.04 Å². The van der Waals surface area contributed by atoms with E-state index >= 15 is 0 Å². The molecule has 17 heavy (non-hydrogen) atoms. The normalized spacial score (nSPS) is 23.2. The van der Waals surface area contributed by atoms with Gasteiger partial charge in [-0.1, -0.05) is 39.5 Å². The van der Waals surface area contributed by atoms with E-state index in [4.69, 9.17) is 5.73 Å². The van der Waals surface area contributed by atoms with Crippen molar-refractivity contribution < 1.29 is 4.79 Å². The first-order chi connectivity index (χ1) is 8.20. The van der Waals surface area contributed by atoms with Crippen molar-refractivity contribution >= 4 is 5.91 Å². The van der Waals surface area contributed by atoms with Gasteiger partial charge in [0, 0.05) is 12.6 Å². The fourth-order valence-electron chi connectivity index (χ4n) is 2.65. The highest BCUT2D eigenvalue weighted by Crippen LogP contribution is 2.20. The Morgan fingerprint density at radius 2 is 2.12 bits per heavy atom. The minimum atomic E-state index is -0.276. The minimum Gasteiger partial charge on any atom is -0.338 e. The molecule has 2 N–H and O–H groups in total. The van der Waals surface area contributed by atoms with E-state index in [1.54, 1.807) is 0 Å². The molecule has 0 bridgehead atoms. The molecule has 0 aromatic rings. The highest BCUT2D eigenvalue weighted by atomic mass is 16.2. The number of carbonyl (C=O) groups excluding carboxylic acids is 1. The van der Waals surface area contributed by atoms with Gasteiger partial charge < -0.3 is 10.6 Å². The highest BCUT2D eigenvalue weighted by molar-refractivity contribution is 5.81. The van der Waals surface area contributed by atoms with Crippen LogP contribution >= 0.6 is 0 Å². The Bertz CT molecular complexity index is 230. The lowest BCUT2D eigenvalue weighted by Gasteiger charge is -2.31. The molecule has 1 aliphatic heterocycles. The van der Waals surface area contributed by atoms with Gasteiger partial charge in [0.15, 0.2) is 0 Å². The van der Waals surface area contributed by atoms with Gasteiger partial charge in [-0.2, -0.15) is 0 Å². The first-order valence-electron chi connectivity index (χ1n) is 7.26. The number of carbonyl (C=O) groups is 1. The summed E-state index contributed by atoms with van der Waals surface area (Å²) < 4.78 is 0. The number of hydrogen-bond acceptors (Lipinski definition) is 2. The quantitative estimate of drug-likeness (QED) is 0.803. The fraction of sp³-hybridized carbons (Fsp3) is 0.929. The lowest BCUT2D eigenvalue weighted by atomic mass is 10.0. The number of nitrogens with zero attached hydrogens (tertiary/aromatic N) is 1. The third-order valence-electron chi connectivity index (χ3n) is 3.82. The number of hydrogen-bond donors (Lipinski definition) is 1. The van der Waals surface area contributed by atoms with Crippen LogP contribution in [0.5, 0.6) is 0 Å².